The van der Waals surface area contributed by atoms with Gasteiger partial charge in [0.15, 0.2) is 5.96 Å². The number of rotatable bonds is 9. The fourth-order valence-electron chi connectivity index (χ4n) is 2.71. The summed E-state index contributed by atoms with van der Waals surface area (Å²) in [7, 11) is 0. The van der Waals surface area contributed by atoms with Crippen LogP contribution in [0.5, 0.6) is 0 Å². The monoisotopic (exact) mass is 349 g/mol. The Hall–Kier alpha value is -1.63. The number of nitrogens with one attached hydrogen (secondary N) is 2. The van der Waals surface area contributed by atoms with Crippen molar-refractivity contribution in [2.75, 3.05) is 32.8 Å². The van der Waals surface area contributed by atoms with Crippen LogP contribution in [-0.4, -0.2) is 55.6 Å². The second kappa shape index (κ2) is 10.4. The molecule has 1 aliphatic heterocycles. The zero-order valence-corrected chi connectivity index (χ0v) is 15.3. The van der Waals surface area contributed by atoms with Gasteiger partial charge in [-0.3, -0.25) is 4.99 Å². The van der Waals surface area contributed by atoms with Gasteiger partial charge in [-0.15, -0.1) is 0 Å². The summed E-state index contributed by atoms with van der Waals surface area (Å²) in [6, 6.07) is 9.94. The van der Waals surface area contributed by atoms with Crippen molar-refractivity contribution >= 4 is 5.96 Å². The number of guanidine groups is 1. The predicted octanol–water partition coefficient (Wildman–Crippen LogP) is 1.69. The molecule has 3 N–H and O–H groups in total. The van der Waals surface area contributed by atoms with Crippen LogP contribution in [-0.2, 0) is 16.1 Å². The Kier molecular flexibility index (Phi) is 8.18. The van der Waals surface area contributed by atoms with E-state index in [4.69, 9.17) is 9.47 Å². The average molecular weight is 349 g/mol. The SMILES string of the molecule is CCNC(=NCC1(C)CCCO1)NCC(O)COCc1ccccc1. The van der Waals surface area contributed by atoms with Crippen molar-refractivity contribution < 1.29 is 14.6 Å². The first kappa shape index (κ1) is 19.7. The molecule has 0 aromatic heterocycles. The molecule has 0 amide bonds. The van der Waals surface area contributed by atoms with Gasteiger partial charge in [-0.25, -0.2) is 0 Å². The van der Waals surface area contributed by atoms with Crippen LogP contribution in [0.4, 0.5) is 0 Å². The third-order valence-electron chi connectivity index (χ3n) is 4.14. The molecule has 25 heavy (non-hydrogen) atoms. The van der Waals surface area contributed by atoms with E-state index in [0.717, 1.165) is 31.6 Å². The highest BCUT2D eigenvalue weighted by Crippen LogP contribution is 2.24. The zero-order valence-electron chi connectivity index (χ0n) is 15.3. The van der Waals surface area contributed by atoms with Gasteiger partial charge in [-0.1, -0.05) is 30.3 Å². The normalized spacial score (nSPS) is 22.0. The van der Waals surface area contributed by atoms with Crippen molar-refractivity contribution in [2.45, 2.75) is 45.0 Å². The molecule has 6 heteroatoms. The lowest BCUT2D eigenvalue weighted by Gasteiger charge is -2.22. The van der Waals surface area contributed by atoms with E-state index in [-0.39, 0.29) is 12.2 Å². The van der Waals surface area contributed by atoms with Crippen LogP contribution in [0, 0.1) is 0 Å². The van der Waals surface area contributed by atoms with Crippen LogP contribution < -0.4 is 10.6 Å². The summed E-state index contributed by atoms with van der Waals surface area (Å²) in [5, 5.41) is 16.4. The molecular formula is C19H31N3O3. The van der Waals surface area contributed by atoms with E-state index in [1.54, 1.807) is 0 Å². The first-order chi connectivity index (χ1) is 12.1. The third-order valence-corrected chi connectivity index (χ3v) is 4.14. The van der Waals surface area contributed by atoms with E-state index in [1.165, 1.54) is 0 Å². The van der Waals surface area contributed by atoms with Crippen molar-refractivity contribution in [3.8, 4) is 0 Å². The van der Waals surface area contributed by atoms with Gasteiger partial charge in [0.1, 0.15) is 0 Å². The minimum Gasteiger partial charge on any atom is -0.389 e. The van der Waals surface area contributed by atoms with Gasteiger partial charge < -0.3 is 25.2 Å². The van der Waals surface area contributed by atoms with E-state index in [0.29, 0.717) is 25.7 Å². The third kappa shape index (κ3) is 7.42. The second-order valence-corrected chi connectivity index (χ2v) is 6.63. The Balaban J connectivity index is 1.70. The molecule has 2 rings (SSSR count). The van der Waals surface area contributed by atoms with Crippen molar-refractivity contribution in [1.82, 2.24) is 10.6 Å². The lowest BCUT2D eigenvalue weighted by atomic mass is 10.0. The first-order valence-electron chi connectivity index (χ1n) is 9.07. The minimum atomic E-state index is -0.592. The van der Waals surface area contributed by atoms with Crippen LogP contribution in [0.3, 0.4) is 0 Å². The summed E-state index contributed by atoms with van der Waals surface area (Å²) in [5.41, 5.74) is 0.933. The van der Waals surface area contributed by atoms with Crippen LogP contribution in [0.25, 0.3) is 0 Å². The van der Waals surface area contributed by atoms with Crippen molar-refractivity contribution in [3.63, 3.8) is 0 Å². The van der Waals surface area contributed by atoms with E-state index >= 15 is 0 Å². The van der Waals surface area contributed by atoms with Crippen LogP contribution in [0.2, 0.25) is 0 Å². The number of aliphatic hydroxyl groups excluding tert-OH is 1. The van der Waals surface area contributed by atoms with Gasteiger partial charge in [0, 0.05) is 19.7 Å². The quantitative estimate of drug-likeness (QED) is 0.467. The Labute approximate surface area is 150 Å². The Morgan fingerprint density at radius 1 is 1.36 bits per heavy atom. The van der Waals surface area contributed by atoms with Gasteiger partial charge in [0.05, 0.1) is 31.5 Å². The number of ether oxygens (including phenoxy) is 2. The highest BCUT2D eigenvalue weighted by Gasteiger charge is 2.29. The molecule has 1 fully saturated rings. The molecule has 140 valence electrons. The molecule has 0 radical (unpaired) electrons. The van der Waals surface area contributed by atoms with Crippen LogP contribution >= 0.6 is 0 Å². The maximum atomic E-state index is 10.1. The summed E-state index contributed by atoms with van der Waals surface area (Å²) >= 11 is 0. The Morgan fingerprint density at radius 2 is 2.16 bits per heavy atom. The van der Waals surface area contributed by atoms with Gasteiger partial charge >= 0.3 is 0 Å². The van der Waals surface area contributed by atoms with Gasteiger partial charge in [0.25, 0.3) is 0 Å². The largest absolute Gasteiger partial charge is 0.389 e. The number of hydrogen-bond acceptors (Lipinski definition) is 4. The highest BCUT2D eigenvalue weighted by atomic mass is 16.5. The highest BCUT2D eigenvalue weighted by molar-refractivity contribution is 5.79. The van der Waals surface area contributed by atoms with E-state index in [2.05, 4.69) is 22.5 Å². The zero-order chi connectivity index (χ0) is 18.0. The molecule has 0 saturated carbocycles. The Bertz CT molecular complexity index is 516. The molecule has 1 saturated heterocycles. The number of aliphatic imine (C=N–C) groups is 1. The topological polar surface area (TPSA) is 75.1 Å². The number of nitrogens with zero attached hydrogens (tertiary/aromatic N) is 1. The molecule has 0 spiro atoms. The first-order valence-corrected chi connectivity index (χ1v) is 9.07. The molecular weight excluding hydrogens is 318 g/mol. The molecule has 2 atom stereocenters. The Morgan fingerprint density at radius 3 is 2.84 bits per heavy atom. The minimum absolute atomic E-state index is 0.167. The maximum absolute atomic E-state index is 10.1. The number of hydrogen-bond donors (Lipinski definition) is 3. The molecule has 1 aromatic carbocycles. The predicted molar refractivity (Wildman–Crippen MR) is 99.7 cm³/mol. The lowest BCUT2D eigenvalue weighted by Crippen LogP contribution is -2.43. The van der Waals surface area contributed by atoms with Crippen molar-refractivity contribution in [3.05, 3.63) is 35.9 Å². The molecule has 1 aromatic rings. The fraction of sp³-hybridized carbons (Fsp3) is 0.632. The molecule has 0 bridgehead atoms. The van der Waals surface area contributed by atoms with Gasteiger partial charge in [-0.2, -0.15) is 0 Å². The summed E-state index contributed by atoms with van der Waals surface area (Å²) in [5.74, 6) is 0.696. The number of aliphatic hydroxyl groups is 1. The van der Waals surface area contributed by atoms with E-state index in [1.807, 2.05) is 37.3 Å². The lowest BCUT2D eigenvalue weighted by molar-refractivity contribution is 0.0278. The summed E-state index contributed by atoms with van der Waals surface area (Å²) in [6.45, 7) is 7.48. The molecule has 2 unspecified atom stereocenters. The van der Waals surface area contributed by atoms with E-state index < -0.39 is 6.10 Å². The molecule has 1 aliphatic rings. The van der Waals surface area contributed by atoms with E-state index in [9.17, 15) is 5.11 Å². The average Bonchev–Trinajstić information content (AvgIpc) is 3.05. The number of benzene rings is 1. The van der Waals surface area contributed by atoms with Crippen LogP contribution in [0.15, 0.2) is 35.3 Å². The summed E-state index contributed by atoms with van der Waals surface area (Å²) in [6.07, 6.45) is 1.53. The second-order valence-electron chi connectivity index (χ2n) is 6.63. The molecule has 0 aliphatic carbocycles. The van der Waals surface area contributed by atoms with Gasteiger partial charge in [-0.05, 0) is 32.3 Å². The summed E-state index contributed by atoms with van der Waals surface area (Å²) < 4.78 is 11.3. The molecule has 6 nitrogen and oxygen atoms in total. The van der Waals surface area contributed by atoms with Crippen molar-refractivity contribution in [1.29, 1.82) is 0 Å². The smallest absolute Gasteiger partial charge is 0.191 e. The van der Waals surface area contributed by atoms with Crippen LogP contribution in [0.1, 0.15) is 32.3 Å². The van der Waals surface area contributed by atoms with Gasteiger partial charge in [0.2, 0.25) is 0 Å². The maximum Gasteiger partial charge on any atom is 0.191 e. The fourth-order valence-corrected chi connectivity index (χ4v) is 2.71. The summed E-state index contributed by atoms with van der Waals surface area (Å²) in [4.78, 5) is 4.58. The van der Waals surface area contributed by atoms with Crippen molar-refractivity contribution in [2.24, 2.45) is 4.99 Å². The standard InChI is InChI=1S/C19H31N3O3/c1-3-20-18(22-15-19(2)10-7-11-25-19)21-12-17(23)14-24-13-16-8-5-4-6-9-16/h4-6,8-9,17,23H,3,7,10-15H2,1-2H3,(H2,20,21,22). The molecule has 1 heterocycles.